The van der Waals surface area contributed by atoms with Gasteiger partial charge in [-0.3, -0.25) is 0 Å². The molecule has 0 amide bonds. The van der Waals surface area contributed by atoms with Crippen LogP contribution in [-0.4, -0.2) is 29.6 Å². The Kier molecular flexibility index (Phi) is 4.93. The minimum absolute atomic E-state index is 0.117. The fourth-order valence-electron chi connectivity index (χ4n) is 3.47. The summed E-state index contributed by atoms with van der Waals surface area (Å²) in [5, 5.41) is 16.3. The molecule has 7 nitrogen and oxygen atoms in total. The Balaban J connectivity index is 1.31. The van der Waals surface area contributed by atoms with Crippen LogP contribution >= 0.6 is 11.3 Å². The first-order valence-electron chi connectivity index (χ1n) is 9.67. The molecule has 156 valence electrons. The van der Waals surface area contributed by atoms with Crippen LogP contribution in [0.4, 0.5) is 5.13 Å². The van der Waals surface area contributed by atoms with Crippen LogP contribution in [-0.2, 0) is 16.4 Å². The van der Waals surface area contributed by atoms with Gasteiger partial charge in [-0.1, -0.05) is 59.9 Å². The number of anilines is 1. The van der Waals surface area contributed by atoms with Crippen molar-refractivity contribution in [3.8, 4) is 11.3 Å². The van der Waals surface area contributed by atoms with Crippen LogP contribution in [0.1, 0.15) is 5.56 Å². The summed E-state index contributed by atoms with van der Waals surface area (Å²) in [6, 6.07) is 21.2. The summed E-state index contributed by atoms with van der Waals surface area (Å²) in [4.78, 5) is 5.44. The third-order valence-electron chi connectivity index (χ3n) is 5.07. The zero-order valence-electron chi connectivity index (χ0n) is 16.4. The molecule has 0 fully saturated rings. The van der Waals surface area contributed by atoms with Crippen molar-refractivity contribution in [1.29, 1.82) is 0 Å². The number of hydrogen-bond acceptors (Lipinski definition) is 6. The number of sulfonamides is 1. The molecular formula is C22H19N5O2S2. The summed E-state index contributed by atoms with van der Waals surface area (Å²) in [7, 11) is -3.66. The smallest absolute Gasteiger partial charge is 0.238 e. The quantitative estimate of drug-likeness (QED) is 0.409. The number of benzene rings is 3. The maximum atomic E-state index is 11.3. The van der Waals surface area contributed by atoms with E-state index in [-0.39, 0.29) is 4.90 Å². The standard InChI is InChI=1S/C22H19N5O2S2/c23-31(28,29)19-9-5-15(6-10-19)11-12-24-21-26-27-20(14-25-22(27)30-21)18-8-7-16-3-1-2-4-17(16)13-18/h1-10,13-14H,11-12H2,(H,24,26)(H2,23,28,29). The highest BCUT2D eigenvalue weighted by molar-refractivity contribution is 7.89. The van der Waals surface area contributed by atoms with E-state index in [1.807, 2.05) is 22.8 Å². The predicted octanol–water partition coefficient (Wildman–Crippen LogP) is 3.91. The number of primary sulfonamides is 1. The molecule has 5 rings (SSSR count). The first kappa shape index (κ1) is 19.7. The number of imidazole rings is 1. The second-order valence-electron chi connectivity index (χ2n) is 7.17. The number of nitrogens with two attached hydrogens (primary N) is 1. The molecule has 9 heteroatoms. The number of fused-ring (bicyclic) bond motifs is 2. The van der Waals surface area contributed by atoms with Gasteiger partial charge in [-0.25, -0.2) is 23.1 Å². The Bertz CT molecular complexity index is 1490. The zero-order valence-corrected chi connectivity index (χ0v) is 18.0. The highest BCUT2D eigenvalue weighted by Gasteiger charge is 2.12. The molecular weight excluding hydrogens is 430 g/mol. The second kappa shape index (κ2) is 7.77. The Morgan fingerprint density at radius 1 is 1.00 bits per heavy atom. The van der Waals surface area contributed by atoms with E-state index in [1.165, 1.54) is 34.2 Å². The van der Waals surface area contributed by atoms with Gasteiger partial charge in [0, 0.05) is 12.1 Å². The Morgan fingerprint density at radius 3 is 2.55 bits per heavy atom. The molecule has 3 N–H and O–H groups in total. The molecule has 3 aromatic carbocycles. The van der Waals surface area contributed by atoms with Gasteiger partial charge in [0.25, 0.3) is 0 Å². The molecule has 0 aliphatic carbocycles. The first-order valence-corrected chi connectivity index (χ1v) is 12.0. The Hall–Kier alpha value is -3.27. The molecule has 0 aliphatic heterocycles. The van der Waals surface area contributed by atoms with E-state index in [2.05, 4.69) is 45.7 Å². The summed E-state index contributed by atoms with van der Waals surface area (Å²) in [5.41, 5.74) is 3.03. The minimum Gasteiger partial charge on any atom is -0.360 e. The lowest BCUT2D eigenvalue weighted by Crippen LogP contribution is -2.12. The van der Waals surface area contributed by atoms with Crippen LogP contribution in [0.5, 0.6) is 0 Å². The minimum atomic E-state index is -3.66. The highest BCUT2D eigenvalue weighted by atomic mass is 32.2. The van der Waals surface area contributed by atoms with Crippen molar-refractivity contribution in [3.63, 3.8) is 0 Å². The van der Waals surface area contributed by atoms with E-state index < -0.39 is 10.0 Å². The van der Waals surface area contributed by atoms with Gasteiger partial charge in [-0.15, -0.1) is 5.10 Å². The van der Waals surface area contributed by atoms with Crippen LogP contribution in [0, 0.1) is 0 Å². The van der Waals surface area contributed by atoms with Crippen molar-refractivity contribution in [2.24, 2.45) is 5.14 Å². The van der Waals surface area contributed by atoms with Gasteiger partial charge in [0.1, 0.15) is 0 Å². The van der Waals surface area contributed by atoms with Crippen LogP contribution < -0.4 is 10.5 Å². The Morgan fingerprint density at radius 2 is 1.77 bits per heavy atom. The van der Waals surface area contributed by atoms with E-state index >= 15 is 0 Å². The molecule has 0 saturated heterocycles. The van der Waals surface area contributed by atoms with Gasteiger partial charge in [0.15, 0.2) is 0 Å². The summed E-state index contributed by atoms with van der Waals surface area (Å²) in [6.07, 6.45) is 2.57. The normalized spacial score (nSPS) is 11.9. The predicted molar refractivity (Wildman–Crippen MR) is 124 cm³/mol. The summed E-state index contributed by atoms with van der Waals surface area (Å²) >= 11 is 1.49. The molecule has 0 saturated carbocycles. The number of hydrogen-bond donors (Lipinski definition) is 2. The molecule has 0 atom stereocenters. The summed E-state index contributed by atoms with van der Waals surface area (Å²) in [6.45, 7) is 0.663. The molecule has 0 aliphatic rings. The molecule has 0 bridgehead atoms. The zero-order chi connectivity index (χ0) is 21.4. The lowest BCUT2D eigenvalue weighted by molar-refractivity contribution is 0.598. The Labute approximate surface area is 183 Å². The van der Waals surface area contributed by atoms with Crippen molar-refractivity contribution < 1.29 is 8.42 Å². The van der Waals surface area contributed by atoms with Gasteiger partial charge < -0.3 is 5.32 Å². The van der Waals surface area contributed by atoms with E-state index in [1.54, 1.807) is 12.1 Å². The molecule has 2 aromatic heterocycles. The summed E-state index contributed by atoms with van der Waals surface area (Å²) in [5.74, 6) is 0. The lowest BCUT2D eigenvalue weighted by atomic mass is 10.1. The van der Waals surface area contributed by atoms with Gasteiger partial charge in [0.2, 0.25) is 20.1 Å². The van der Waals surface area contributed by atoms with Gasteiger partial charge in [0.05, 0.1) is 16.8 Å². The molecule has 2 heterocycles. The van der Waals surface area contributed by atoms with Crippen LogP contribution in [0.15, 0.2) is 77.8 Å². The van der Waals surface area contributed by atoms with E-state index in [0.29, 0.717) is 6.54 Å². The van der Waals surface area contributed by atoms with E-state index in [4.69, 9.17) is 5.14 Å². The van der Waals surface area contributed by atoms with Gasteiger partial charge >= 0.3 is 0 Å². The van der Waals surface area contributed by atoms with E-state index in [0.717, 1.165) is 33.3 Å². The summed E-state index contributed by atoms with van der Waals surface area (Å²) < 4.78 is 24.6. The van der Waals surface area contributed by atoms with Crippen molar-refractivity contribution in [1.82, 2.24) is 14.6 Å². The van der Waals surface area contributed by atoms with Crippen LogP contribution in [0.25, 0.3) is 27.0 Å². The van der Waals surface area contributed by atoms with Crippen LogP contribution in [0.3, 0.4) is 0 Å². The first-order chi connectivity index (χ1) is 15.0. The average Bonchev–Trinajstić information content (AvgIpc) is 3.33. The third kappa shape index (κ3) is 4.02. The molecule has 0 radical (unpaired) electrons. The van der Waals surface area contributed by atoms with Crippen molar-refractivity contribution in [2.45, 2.75) is 11.3 Å². The fourth-order valence-corrected chi connectivity index (χ4v) is 4.79. The van der Waals surface area contributed by atoms with Crippen molar-refractivity contribution >= 4 is 42.2 Å². The SMILES string of the molecule is NS(=O)(=O)c1ccc(CCNc2nn3c(-c4ccc5ccccc5c4)cnc3s2)cc1. The molecule has 0 spiro atoms. The second-order valence-corrected chi connectivity index (χ2v) is 9.69. The maximum absolute atomic E-state index is 11.3. The molecule has 0 unspecified atom stereocenters. The lowest BCUT2D eigenvalue weighted by Gasteiger charge is -2.04. The topological polar surface area (TPSA) is 102 Å². The monoisotopic (exact) mass is 449 g/mol. The van der Waals surface area contributed by atoms with Gasteiger partial charge in [-0.05, 0) is 41.0 Å². The van der Waals surface area contributed by atoms with Crippen molar-refractivity contribution in [2.75, 3.05) is 11.9 Å². The number of nitrogens with one attached hydrogen (secondary N) is 1. The largest absolute Gasteiger partial charge is 0.360 e. The van der Waals surface area contributed by atoms with Gasteiger partial charge in [-0.2, -0.15) is 0 Å². The number of rotatable bonds is 6. The maximum Gasteiger partial charge on any atom is 0.238 e. The van der Waals surface area contributed by atoms with E-state index in [9.17, 15) is 8.42 Å². The number of nitrogens with zero attached hydrogens (tertiary/aromatic N) is 3. The fraction of sp³-hybridized carbons (Fsp3) is 0.0909. The molecule has 5 aromatic rings. The molecule has 31 heavy (non-hydrogen) atoms. The average molecular weight is 450 g/mol. The number of aromatic nitrogens is 3. The van der Waals surface area contributed by atoms with Crippen LogP contribution in [0.2, 0.25) is 0 Å². The highest BCUT2D eigenvalue weighted by Crippen LogP contribution is 2.28. The van der Waals surface area contributed by atoms with Crippen molar-refractivity contribution in [3.05, 3.63) is 78.5 Å². The third-order valence-corrected chi connectivity index (χ3v) is 6.88.